The van der Waals surface area contributed by atoms with Crippen LogP contribution in [-0.4, -0.2) is 21.2 Å². The zero-order valence-electron chi connectivity index (χ0n) is 11.1. The molecular formula is C13H14ClIN2O2. The zero-order chi connectivity index (χ0) is 14.4. The summed E-state index contributed by atoms with van der Waals surface area (Å²) in [7, 11) is 0. The van der Waals surface area contributed by atoms with Crippen LogP contribution in [0.2, 0.25) is 5.15 Å². The Kier molecular flexibility index (Phi) is 3.79. The topological polar surface area (TPSA) is 44.1 Å². The lowest BCUT2D eigenvalue weighted by Crippen LogP contribution is -2.26. The normalized spacial score (nSPS) is 11.9. The third-order valence-electron chi connectivity index (χ3n) is 2.51. The number of fused-ring (bicyclic) bond motifs is 1. The Morgan fingerprint density at radius 1 is 1.47 bits per heavy atom. The minimum absolute atomic E-state index is 0.300. The Morgan fingerprint density at radius 2 is 2.11 bits per heavy atom. The van der Waals surface area contributed by atoms with E-state index in [0.717, 1.165) is 14.5 Å². The number of aryl methyl sites for hydroxylation is 1. The van der Waals surface area contributed by atoms with Crippen LogP contribution < -0.4 is 0 Å². The van der Waals surface area contributed by atoms with Gasteiger partial charge in [-0.15, -0.1) is 0 Å². The number of ether oxygens (including phenoxy) is 1. The first-order valence-electron chi connectivity index (χ1n) is 5.75. The second-order valence-corrected chi connectivity index (χ2v) is 6.80. The number of rotatable bonds is 0. The van der Waals surface area contributed by atoms with Crippen LogP contribution in [0.15, 0.2) is 12.4 Å². The van der Waals surface area contributed by atoms with E-state index in [1.165, 1.54) is 4.57 Å². The predicted molar refractivity (Wildman–Crippen MR) is 83.8 cm³/mol. The molecule has 0 aromatic carbocycles. The fraction of sp³-hybridized carbons (Fsp3) is 0.385. The summed E-state index contributed by atoms with van der Waals surface area (Å²) in [6.45, 7) is 7.41. The molecule has 0 aliphatic rings. The van der Waals surface area contributed by atoms with Gasteiger partial charge in [0.25, 0.3) is 0 Å². The van der Waals surface area contributed by atoms with Crippen LogP contribution >= 0.6 is 34.2 Å². The zero-order valence-corrected chi connectivity index (χ0v) is 14.0. The molecule has 0 aliphatic carbocycles. The van der Waals surface area contributed by atoms with Gasteiger partial charge in [0.1, 0.15) is 5.60 Å². The van der Waals surface area contributed by atoms with E-state index in [4.69, 9.17) is 16.3 Å². The van der Waals surface area contributed by atoms with E-state index in [2.05, 4.69) is 27.6 Å². The van der Waals surface area contributed by atoms with Gasteiger partial charge in [-0.1, -0.05) is 11.6 Å². The van der Waals surface area contributed by atoms with Gasteiger partial charge in [0, 0.05) is 21.4 Å². The molecule has 2 aromatic heterocycles. The summed E-state index contributed by atoms with van der Waals surface area (Å²) in [6.07, 6.45) is 2.97. The van der Waals surface area contributed by atoms with E-state index < -0.39 is 11.7 Å². The number of nitrogens with zero attached hydrogens (tertiary/aromatic N) is 2. The summed E-state index contributed by atoms with van der Waals surface area (Å²) in [5.41, 5.74) is 1.01. The van der Waals surface area contributed by atoms with Crippen molar-refractivity contribution in [3.8, 4) is 0 Å². The number of aromatic nitrogens is 2. The second-order valence-electron chi connectivity index (χ2n) is 5.28. The molecular weight excluding hydrogens is 379 g/mol. The van der Waals surface area contributed by atoms with Crippen molar-refractivity contribution in [1.29, 1.82) is 0 Å². The Labute approximate surface area is 130 Å². The van der Waals surface area contributed by atoms with Crippen LogP contribution in [0.4, 0.5) is 4.79 Å². The summed E-state index contributed by atoms with van der Waals surface area (Å²) in [4.78, 5) is 16.3. The molecule has 0 spiro atoms. The molecule has 0 amide bonds. The molecule has 0 N–H and O–H groups in total. The highest BCUT2D eigenvalue weighted by Gasteiger charge is 2.22. The van der Waals surface area contributed by atoms with Gasteiger partial charge in [0.2, 0.25) is 0 Å². The predicted octanol–water partition coefficient (Wildman–Crippen LogP) is 4.39. The van der Waals surface area contributed by atoms with Crippen LogP contribution in [-0.2, 0) is 4.74 Å². The van der Waals surface area contributed by atoms with Gasteiger partial charge in [-0.25, -0.2) is 14.3 Å². The van der Waals surface area contributed by atoms with Crippen molar-refractivity contribution in [2.75, 3.05) is 0 Å². The highest BCUT2D eigenvalue weighted by Crippen LogP contribution is 2.30. The van der Waals surface area contributed by atoms with Crippen LogP contribution in [0.25, 0.3) is 10.9 Å². The molecule has 0 bridgehead atoms. The van der Waals surface area contributed by atoms with Crippen molar-refractivity contribution >= 4 is 51.2 Å². The Balaban J connectivity index is 2.63. The average Bonchev–Trinajstić information content (AvgIpc) is 2.61. The summed E-state index contributed by atoms with van der Waals surface area (Å²) in [5, 5.41) is 1.24. The molecule has 2 aromatic rings. The van der Waals surface area contributed by atoms with Crippen molar-refractivity contribution in [3.05, 3.63) is 26.7 Å². The average molecular weight is 393 g/mol. The first kappa shape index (κ1) is 14.6. The van der Waals surface area contributed by atoms with Crippen molar-refractivity contribution in [2.24, 2.45) is 0 Å². The monoisotopic (exact) mass is 392 g/mol. The standard InChI is InChI=1S/C13H14ClIN2O2/c1-7-6-17(12(18)19-13(2,3)4)10-9(7)8(15)5-16-11(10)14/h5-6H,1-4H3. The number of halogens is 2. The second kappa shape index (κ2) is 4.94. The summed E-state index contributed by atoms with van der Waals surface area (Å²) in [5.74, 6) is 0. The van der Waals surface area contributed by atoms with Crippen molar-refractivity contribution in [1.82, 2.24) is 9.55 Å². The van der Waals surface area contributed by atoms with Crippen LogP contribution in [0.3, 0.4) is 0 Å². The molecule has 0 radical (unpaired) electrons. The summed E-state index contributed by atoms with van der Waals surface area (Å²) < 4.78 is 7.75. The maximum Gasteiger partial charge on any atom is 0.419 e. The van der Waals surface area contributed by atoms with E-state index >= 15 is 0 Å². The molecule has 0 saturated heterocycles. The minimum atomic E-state index is -0.552. The lowest BCUT2D eigenvalue weighted by Gasteiger charge is -2.19. The molecule has 0 unspecified atom stereocenters. The first-order valence-corrected chi connectivity index (χ1v) is 7.21. The number of hydrogen-bond donors (Lipinski definition) is 0. The largest absolute Gasteiger partial charge is 0.443 e. The smallest absolute Gasteiger partial charge is 0.419 e. The number of pyridine rings is 1. The van der Waals surface area contributed by atoms with Crippen LogP contribution in [0, 0.1) is 10.5 Å². The highest BCUT2D eigenvalue weighted by molar-refractivity contribution is 14.1. The van der Waals surface area contributed by atoms with Gasteiger partial charge in [-0.2, -0.15) is 0 Å². The molecule has 0 fully saturated rings. The molecule has 6 heteroatoms. The van der Waals surface area contributed by atoms with Gasteiger partial charge in [-0.3, -0.25) is 0 Å². The van der Waals surface area contributed by atoms with Gasteiger partial charge in [0.15, 0.2) is 5.15 Å². The molecule has 19 heavy (non-hydrogen) atoms. The Bertz CT molecular complexity index is 659. The molecule has 2 rings (SSSR count). The third kappa shape index (κ3) is 2.86. The molecule has 0 atom stereocenters. The van der Waals surface area contributed by atoms with E-state index in [1.54, 1.807) is 12.4 Å². The maximum absolute atomic E-state index is 12.2. The van der Waals surface area contributed by atoms with Crippen LogP contribution in [0.5, 0.6) is 0 Å². The van der Waals surface area contributed by atoms with E-state index in [9.17, 15) is 4.79 Å². The minimum Gasteiger partial charge on any atom is -0.443 e. The van der Waals surface area contributed by atoms with Gasteiger partial charge in [-0.05, 0) is 55.8 Å². The fourth-order valence-corrected chi connectivity index (χ4v) is 2.88. The highest BCUT2D eigenvalue weighted by atomic mass is 127. The van der Waals surface area contributed by atoms with Gasteiger partial charge >= 0.3 is 6.09 Å². The van der Waals surface area contributed by atoms with Crippen molar-refractivity contribution in [3.63, 3.8) is 0 Å². The summed E-state index contributed by atoms with van der Waals surface area (Å²) in [6, 6.07) is 0. The molecule has 102 valence electrons. The number of hydrogen-bond acceptors (Lipinski definition) is 3. The van der Waals surface area contributed by atoms with E-state index in [1.807, 2.05) is 27.7 Å². The Morgan fingerprint density at radius 3 is 2.68 bits per heavy atom. The van der Waals surface area contributed by atoms with E-state index in [0.29, 0.717) is 10.7 Å². The van der Waals surface area contributed by atoms with Crippen molar-refractivity contribution in [2.45, 2.75) is 33.3 Å². The summed E-state index contributed by atoms with van der Waals surface area (Å²) >= 11 is 8.30. The quantitative estimate of drug-likeness (QED) is 0.493. The number of carbonyl (C=O) groups excluding carboxylic acids is 1. The third-order valence-corrected chi connectivity index (χ3v) is 3.60. The lowest BCUT2D eigenvalue weighted by atomic mass is 10.2. The van der Waals surface area contributed by atoms with Gasteiger partial charge in [0.05, 0.1) is 5.52 Å². The van der Waals surface area contributed by atoms with E-state index in [-0.39, 0.29) is 0 Å². The fourth-order valence-electron chi connectivity index (χ4n) is 1.83. The first-order chi connectivity index (χ1) is 8.70. The molecule has 0 aliphatic heterocycles. The lowest BCUT2D eigenvalue weighted by molar-refractivity contribution is 0.0544. The molecule has 4 nitrogen and oxygen atoms in total. The SMILES string of the molecule is Cc1cn(C(=O)OC(C)(C)C)c2c(Cl)ncc(I)c12. The Hall–Kier alpha value is -0.820. The number of carbonyl (C=O) groups is 1. The van der Waals surface area contributed by atoms with Crippen molar-refractivity contribution < 1.29 is 9.53 Å². The molecule has 0 saturated carbocycles. The molecule has 2 heterocycles. The maximum atomic E-state index is 12.2. The van der Waals surface area contributed by atoms with Crippen LogP contribution in [0.1, 0.15) is 26.3 Å². The van der Waals surface area contributed by atoms with Gasteiger partial charge < -0.3 is 4.74 Å².